The highest BCUT2D eigenvalue weighted by Gasteiger charge is 2.33. The fraction of sp³-hybridized carbons (Fsp3) is 1.00. The van der Waals surface area contributed by atoms with Crippen LogP contribution in [0.3, 0.4) is 0 Å². The first-order chi connectivity index (χ1) is 7.41. The first kappa shape index (κ1) is 16.0. The van der Waals surface area contributed by atoms with Crippen molar-refractivity contribution in [3.05, 3.63) is 0 Å². The third-order valence-corrected chi connectivity index (χ3v) is 4.32. The molecule has 0 aromatic carbocycles. The Morgan fingerprint density at radius 2 is 1.31 bits per heavy atom. The average molecular weight is 228 g/mol. The van der Waals surface area contributed by atoms with Crippen molar-refractivity contribution in [1.29, 1.82) is 0 Å². The van der Waals surface area contributed by atoms with E-state index in [0.29, 0.717) is 5.92 Å². The molecule has 0 aromatic heterocycles. The standard InChI is InChI=1S/C15H32O/c1-7-15(8-2,9-3)14(16)11-13(6)10-12(4)5/h12-14,16H,7-11H2,1-6H3. The molecule has 0 aliphatic heterocycles. The molecule has 0 aliphatic carbocycles. The highest BCUT2D eigenvalue weighted by Crippen LogP contribution is 2.37. The topological polar surface area (TPSA) is 20.2 Å². The summed E-state index contributed by atoms with van der Waals surface area (Å²) in [5.41, 5.74) is 0.158. The normalized spacial score (nSPS) is 16.5. The summed E-state index contributed by atoms with van der Waals surface area (Å²) in [6.45, 7) is 13.4. The summed E-state index contributed by atoms with van der Waals surface area (Å²) < 4.78 is 0. The number of aliphatic hydroxyl groups is 1. The van der Waals surface area contributed by atoms with E-state index in [-0.39, 0.29) is 11.5 Å². The van der Waals surface area contributed by atoms with Crippen LogP contribution in [-0.4, -0.2) is 11.2 Å². The molecule has 0 rings (SSSR count). The Bertz CT molecular complexity index is 162. The number of aliphatic hydroxyl groups excluding tert-OH is 1. The summed E-state index contributed by atoms with van der Waals surface area (Å²) in [4.78, 5) is 0. The molecule has 0 saturated carbocycles. The minimum atomic E-state index is -0.124. The summed E-state index contributed by atoms with van der Waals surface area (Å²) in [5, 5.41) is 10.4. The molecule has 0 heterocycles. The van der Waals surface area contributed by atoms with Crippen molar-refractivity contribution in [2.24, 2.45) is 17.3 Å². The molecule has 98 valence electrons. The molecule has 0 saturated heterocycles. The highest BCUT2D eigenvalue weighted by molar-refractivity contribution is 4.84. The maximum absolute atomic E-state index is 10.4. The van der Waals surface area contributed by atoms with Crippen LogP contribution >= 0.6 is 0 Å². The maximum Gasteiger partial charge on any atom is 0.0598 e. The molecule has 0 amide bonds. The van der Waals surface area contributed by atoms with Gasteiger partial charge in [-0.25, -0.2) is 0 Å². The molecule has 1 heteroatoms. The van der Waals surface area contributed by atoms with Crippen molar-refractivity contribution in [1.82, 2.24) is 0 Å². The van der Waals surface area contributed by atoms with Gasteiger partial charge in [0, 0.05) is 0 Å². The molecule has 16 heavy (non-hydrogen) atoms. The Morgan fingerprint density at radius 1 is 0.875 bits per heavy atom. The van der Waals surface area contributed by atoms with Crippen molar-refractivity contribution in [2.45, 2.75) is 79.8 Å². The molecule has 0 spiro atoms. The highest BCUT2D eigenvalue weighted by atomic mass is 16.3. The lowest BCUT2D eigenvalue weighted by molar-refractivity contribution is -0.00310. The SMILES string of the molecule is CCC(CC)(CC)C(O)CC(C)CC(C)C. The predicted octanol–water partition coefficient (Wildman–Crippen LogP) is 4.64. The van der Waals surface area contributed by atoms with Crippen molar-refractivity contribution in [3.8, 4) is 0 Å². The third-order valence-electron chi connectivity index (χ3n) is 4.32. The summed E-state index contributed by atoms with van der Waals surface area (Å²) in [5.74, 6) is 1.38. The van der Waals surface area contributed by atoms with E-state index >= 15 is 0 Å². The number of hydrogen-bond acceptors (Lipinski definition) is 1. The summed E-state index contributed by atoms with van der Waals surface area (Å²) in [7, 11) is 0. The van der Waals surface area contributed by atoms with Crippen molar-refractivity contribution >= 4 is 0 Å². The fourth-order valence-corrected chi connectivity index (χ4v) is 2.99. The Labute approximate surface area is 103 Å². The zero-order valence-corrected chi connectivity index (χ0v) is 12.2. The van der Waals surface area contributed by atoms with Crippen molar-refractivity contribution in [3.63, 3.8) is 0 Å². The van der Waals surface area contributed by atoms with Crippen LogP contribution < -0.4 is 0 Å². The van der Waals surface area contributed by atoms with E-state index in [9.17, 15) is 5.11 Å². The molecule has 2 atom stereocenters. The molecule has 0 fully saturated rings. The monoisotopic (exact) mass is 228 g/mol. The Hall–Kier alpha value is -0.0400. The van der Waals surface area contributed by atoms with Crippen LogP contribution in [0.2, 0.25) is 0 Å². The largest absolute Gasteiger partial charge is 0.393 e. The third kappa shape index (κ3) is 4.45. The Morgan fingerprint density at radius 3 is 1.62 bits per heavy atom. The lowest BCUT2D eigenvalue weighted by Gasteiger charge is -2.37. The van der Waals surface area contributed by atoms with Gasteiger partial charge in [-0.15, -0.1) is 0 Å². The molecule has 0 aliphatic rings. The van der Waals surface area contributed by atoms with Crippen molar-refractivity contribution < 1.29 is 5.11 Å². The molecule has 0 bridgehead atoms. The molecule has 2 unspecified atom stereocenters. The molecule has 1 N–H and O–H groups in total. The Kier molecular flexibility index (Phi) is 7.30. The smallest absolute Gasteiger partial charge is 0.0598 e. The van der Waals surface area contributed by atoms with Gasteiger partial charge in [-0.2, -0.15) is 0 Å². The predicted molar refractivity (Wildman–Crippen MR) is 72.5 cm³/mol. The molecule has 1 nitrogen and oxygen atoms in total. The van der Waals surface area contributed by atoms with Gasteiger partial charge in [0.1, 0.15) is 0 Å². The first-order valence-electron chi connectivity index (χ1n) is 7.09. The van der Waals surface area contributed by atoms with E-state index in [1.165, 1.54) is 6.42 Å². The van der Waals surface area contributed by atoms with Gasteiger partial charge in [-0.05, 0) is 49.4 Å². The summed E-state index contributed by atoms with van der Waals surface area (Å²) in [6, 6.07) is 0. The van der Waals surface area contributed by atoms with Crippen LogP contribution in [0, 0.1) is 17.3 Å². The zero-order chi connectivity index (χ0) is 12.8. The van der Waals surface area contributed by atoms with Gasteiger partial charge >= 0.3 is 0 Å². The summed E-state index contributed by atoms with van der Waals surface area (Å²) >= 11 is 0. The quantitative estimate of drug-likeness (QED) is 0.642. The number of hydrogen-bond donors (Lipinski definition) is 1. The van der Waals surface area contributed by atoms with E-state index in [1.807, 2.05) is 0 Å². The van der Waals surface area contributed by atoms with E-state index in [1.54, 1.807) is 0 Å². The molecular weight excluding hydrogens is 196 g/mol. The van der Waals surface area contributed by atoms with Gasteiger partial charge in [0.15, 0.2) is 0 Å². The summed E-state index contributed by atoms with van der Waals surface area (Å²) in [6.07, 6.45) is 5.35. The van der Waals surface area contributed by atoms with Crippen LogP contribution in [0.5, 0.6) is 0 Å². The lowest BCUT2D eigenvalue weighted by Crippen LogP contribution is -2.35. The van der Waals surface area contributed by atoms with Crippen LogP contribution in [0.4, 0.5) is 0 Å². The molecule has 0 radical (unpaired) electrons. The van der Waals surface area contributed by atoms with Gasteiger partial charge in [0.2, 0.25) is 0 Å². The van der Waals surface area contributed by atoms with Gasteiger partial charge in [-0.3, -0.25) is 0 Å². The van der Waals surface area contributed by atoms with Crippen LogP contribution in [-0.2, 0) is 0 Å². The van der Waals surface area contributed by atoms with E-state index < -0.39 is 0 Å². The molecular formula is C15H32O. The minimum absolute atomic E-state index is 0.124. The van der Waals surface area contributed by atoms with E-state index in [0.717, 1.165) is 31.6 Å². The number of rotatable bonds is 8. The lowest BCUT2D eigenvalue weighted by atomic mass is 9.72. The zero-order valence-electron chi connectivity index (χ0n) is 12.2. The second-order valence-corrected chi connectivity index (χ2v) is 5.91. The van der Waals surface area contributed by atoms with Crippen LogP contribution in [0.25, 0.3) is 0 Å². The Balaban J connectivity index is 4.35. The van der Waals surface area contributed by atoms with E-state index in [2.05, 4.69) is 41.5 Å². The van der Waals surface area contributed by atoms with Crippen molar-refractivity contribution in [2.75, 3.05) is 0 Å². The van der Waals surface area contributed by atoms with Crippen LogP contribution in [0.1, 0.15) is 73.6 Å². The van der Waals surface area contributed by atoms with E-state index in [4.69, 9.17) is 0 Å². The fourth-order valence-electron chi connectivity index (χ4n) is 2.99. The maximum atomic E-state index is 10.4. The van der Waals surface area contributed by atoms with Gasteiger partial charge in [-0.1, -0.05) is 41.5 Å². The van der Waals surface area contributed by atoms with Gasteiger partial charge < -0.3 is 5.11 Å². The van der Waals surface area contributed by atoms with Gasteiger partial charge in [0.25, 0.3) is 0 Å². The van der Waals surface area contributed by atoms with Crippen LogP contribution in [0.15, 0.2) is 0 Å². The minimum Gasteiger partial charge on any atom is -0.393 e. The average Bonchev–Trinajstić information content (AvgIpc) is 2.19. The molecule has 0 aromatic rings. The second-order valence-electron chi connectivity index (χ2n) is 5.91. The second kappa shape index (κ2) is 7.32. The first-order valence-corrected chi connectivity index (χ1v) is 7.09. The van der Waals surface area contributed by atoms with Gasteiger partial charge in [0.05, 0.1) is 6.10 Å².